The van der Waals surface area contributed by atoms with Crippen LogP contribution in [-0.2, 0) is 6.54 Å². The van der Waals surface area contributed by atoms with E-state index in [4.69, 9.17) is 0 Å². The molecule has 7 heteroatoms. The monoisotopic (exact) mass is 288 g/mol. The molecule has 0 atom stereocenters. The molecule has 6 nitrogen and oxygen atoms in total. The fourth-order valence-corrected chi connectivity index (χ4v) is 2.82. The number of hydrogen-bond donors (Lipinski definition) is 2. The Morgan fingerprint density at radius 3 is 3.05 bits per heavy atom. The Morgan fingerprint density at radius 1 is 1.40 bits per heavy atom. The van der Waals surface area contributed by atoms with Gasteiger partial charge in [0.15, 0.2) is 5.65 Å². The van der Waals surface area contributed by atoms with Gasteiger partial charge in [-0.1, -0.05) is 6.07 Å². The average molecular weight is 288 g/mol. The molecule has 20 heavy (non-hydrogen) atoms. The van der Waals surface area contributed by atoms with Crippen LogP contribution in [0.4, 0.5) is 11.8 Å². The van der Waals surface area contributed by atoms with Crippen LogP contribution in [0.3, 0.4) is 0 Å². The lowest BCUT2D eigenvalue weighted by atomic mass is 10.3. The number of nitrogens with zero attached hydrogens (tertiary/aromatic N) is 4. The maximum absolute atomic E-state index is 4.59. The summed E-state index contributed by atoms with van der Waals surface area (Å²) in [6.07, 6.45) is 1.77. The van der Waals surface area contributed by atoms with Crippen molar-refractivity contribution in [3.8, 4) is 0 Å². The van der Waals surface area contributed by atoms with Gasteiger partial charge in [-0.05, 0) is 18.4 Å². The smallest absolute Gasteiger partial charge is 0.226 e. The summed E-state index contributed by atoms with van der Waals surface area (Å²) in [6, 6.07) is 4.19. The van der Waals surface area contributed by atoms with Crippen molar-refractivity contribution in [2.75, 3.05) is 23.8 Å². The summed E-state index contributed by atoms with van der Waals surface area (Å²) < 4.78 is 0. The maximum Gasteiger partial charge on any atom is 0.226 e. The van der Waals surface area contributed by atoms with E-state index in [-0.39, 0.29) is 0 Å². The lowest BCUT2D eigenvalue weighted by Gasteiger charge is -2.18. The second kappa shape index (κ2) is 5.46. The first-order valence-corrected chi connectivity index (χ1v) is 7.34. The molecule has 0 fully saturated rings. The van der Waals surface area contributed by atoms with Gasteiger partial charge in [0.05, 0.1) is 18.1 Å². The highest BCUT2D eigenvalue weighted by atomic mass is 32.1. The van der Waals surface area contributed by atoms with Crippen LogP contribution < -0.4 is 10.2 Å². The minimum Gasteiger partial charge on any atom is -0.354 e. The lowest BCUT2D eigenvalue weighted by molar-refractivity contribution is 0.913. The lowest BCUT2D eigenvalue weighted by Crippen LogP contribution is -2.18. The van der Waals surface area contributed by atoms with Gasteiger partial charge in [-0.15, -0.1) is 11.3 Å². The van der Waals surface area contributed by atoms with E-state index >= 15 is 0 Å². The second-order valence-electron chi connectivity index (χ2n) is 4.47. The molecule has 0 unspecified atom stereocenters. The van der Waals surface area contributed by atoms with E-state index in [1.807, 2.05) is 14.0 Å². The van der Waals surface area contributed by atoms with Gasteiger partial charge in [0.2, 0.25) is 5.95 Å². The zero-order chi connectivity index (χ0) is 13.9. The summed E-state index contributed by atoms with van der Waals surface area (Å²) in [6.45, 7) is 3.63. The van der Waals surface area contributed by atoms with Crippen LogP contribution in [0.2, 0.25) is 0 Å². The van der Waals surface area contributed by atoms with Gasteiger partial charge >= 0.3 is 0 Å². The summed E-state index contributed by atoms with van der Waals surface area (Å²) in [4.78, 5) is 12.4. The molecule has 0 amide bonds. The SMILES string of the molecule is CCNc1nc(N(C)Cc2cccs2)c2cn[nH]c2n1. The zero-order valence-corrected chi connectivity index (χ0v) is 12.2. The van der Waals surface area contributed by atoms with Gasteiger partial charge in [0.25, 0.3) is 0 Å². The van der Waals surface area contributed by atoms with Crippen molar-refractivity contribution in [2.24, 2.45) is 0 Å². The van der Waals surface area contributed by atoms with Crippen molar-refractivity contribution in [1.82, 2.24) is 20.2 Å². The van der Waals surface area contributed by atoms with Crippen LogP contribution in [0.5, 0.6) is 0 Å². The van der Waals surface area contributed by atoms with Crippen molar-refractivity contribution < 1.29 is 0 Å². The van der Waals surface area contributed by atoms with Crippen LogP contribution in [0, 0.1) is 0 Å². The van der Waals surface area contributed by atoms with Gasteiger partial charge < -0.3 is 10.2 Å². The van der Waals surface area contributed by atoms with Crippen molar-refractivity contribution in [2.45, 2.75) is 13.5 Å². The highest BCUT2D eigenvalue weighted by Gasteiger charge is 2.13. The van der Waals surface area contributed by atoms with Crippen molar-refractivity contribution in [1.29, 1.82) is 0 Å². The molecule has 0 saturated heterocycles. The summed E-state index contributed by atoms with van der Waals surface area (Å²) in [5.74, 6) is 1.50. The third-order valence-corrected chi connectivity index (χ3v) is 3.82. The van der Waals surface area contributed by atoms with E-state index in [2.05, 4.69) is 47.9 Å². The van der Waals surface area contributed by atoms with E-state index in [9.17, 15) is 0 Å². The molecule has 0 aliphatic heterocycles. The Kier molecular flexibility index (Phi) is 3.51. The van der Waals surface area contributed by atoms with E-state index < -0.39 is 0 Å². The molecule has 0 radical (unpaired) electrons. The summed E-state index contributed by atoms with van der Waals surface area (Å²) in [5, 5.41) is 13.1. The molecule has 3 aromatic heterocycles. The molecule has 3 rings (SSSR count). The number of H-pyrrole nitrogens is 1. The van der Waals surface area contributed by atoms with Gasteiger partial charge in [-0.3, -0.25) is 5.10 Å². The Morgan fingerprint density at radius 2 is 2.30 bits per heavy atom. The predicted octanol–water partition coefficient (Wildman–Crippen LogP) is 2.48. The van der Waals surface area contributed by atoms with Crippen molar-refractivity contribution in [3.63, 3.8) is 0 Å². The predicted molar refractivity (Wildman–Crippen MR) is 82.3 cm³/mol. The molecule has 2 N–H and O–H groups in total. The number of hydrogen-bond acceptors (Lipinski definition) is 6. The highest BCUT2D eigenvalue weighted by molar-refractivity contribution is 7.09. The standard InChI is InChI=1S/C13H16N6S/c1-3-14-13-16-11-10(7-15-18-11)12(17-13)19(2)8-9-5-4-6-20-9/h4-7H,3,8H2,1-2H3,(H2,14,15,16,17,18). The Balaban J connectivity index is 1.97. The van der Waals surface area contributed by atoms with Gasteiger partial charge in [-0.25, -0.2) is 0 Å². The fourth-order valence-electron chi connectivity index (χ4n) is 2.06. The molecule has 0 aliphatic carbocycles. The van der Waals surface area contributed by atoms with Crippen molar-refractivity contribution in [3.05, 3.63) is 28.6 Å². The Labute approximate surface area is 120 Å². The molecule has 104 valence electrons. The quantitative estimate of drug-likeness (QED) is 0.755. The molecule has 0 spiro atoms. The first kappa shape index (κ1) is 12.9. The van der Waals surface area contributed by atoms with E-state index in [0.717, 1.165) is 29.9 Å². The topological polar surface area (TPSA) is 69.7 Å². The van der Waals surface area contributed by atoms with E-state index in [1.165, 1.54) is 4.88 Å². The number of aromatic nitrogens is 4. The van der Waals surface area contributed by atoms with Crippen LogP contribution in [0.15, 0.2) is 23.7 Å². The van der Waals surface area contributed by atoms with Gasteiger partial charge in [0, 0.05) is 18.5 Å². The minimum absolute atomic E-state index is 0.622. The zero-order valence-electron chi connectivity index (χ0n) is 11.4. The Bertz CT molecular complexity index is 690. The highest BCUT2D eigenvalue weighted by Crippen LogP contribution is 2.25. The van der Waals surface area contributed by atoms with Crippen LogP contribution >= 0.6 is 11.3 Å². The molecule has 0 aliphatic rings. The first-order chi connectivity index (χ1) is 9.78. The summed E-state index contributed by atoms with van der Waals surface area (Å²) in [5.41, 5.74) is 0.754. The molecule has 0 bridgehead atoms. The number of fused-ring (bicyclic) bond motifs is 1. The number of aromatic amines is 1. The number of thiophene rings is 1. The van der Waals surface area contributed by atoms with Crippen LogP contribution in [0.25, 0.3) is 11.0 Å². The molecular weight excluding hydrogens is 272 g/mol. The summed E-state index contributed by atoms with van der Waals surface area (Å²) in [7, 11) is 2.03. The first-order valence-electron chi connectivity index (χ1n) is 6.46. The number of rotatable bonds is 5. The van der Waals surface area contributed by atoms with E-state index in [0.29, 0.717) is 5.95 Å². The Hall–Kier alpha value is -2.15. The number of anilines is 2. The largest absolute Gasteiger partial charge is 0.354 e. The molecular formula is C13H16N6S. The van der Waals surface area contributed by atoms with Crippen LogP contribution in [-0.4, -0.2) is 33.8 Å². The average Bonchev–Trinajstić information content (AvgIpc) is 3.08. The summed E-state index contributed by atoms with van der Waals surface area (Å²) >= 11 is 1.74. The van der Waals surface area contributed by atoms with Crippen LogP contribution in [0.1, 0.15) is 11.8 Å². The second-order valence-corrected chi connectivity index (χ2v) is 5.50. The van der Waals surface area contributed by atoms with Crippen molar-refractivity contribution >= 4 is 34.1 Å². The molecule has 3 heterocycles. The molecule has 0 saturated carbocycles. The minimum atomic E-state index is 0.622. The van der Waals surface area contributed by atoms with E-state index in [1.54, 1.807) is 17.5 Å². The third kappa shape index (κ3) is 2.44. The van der Waals surface area contributed by atoms with Gasteiger partial charge in [0.1, 0.15) is 5.82 Å². The maximum atomic E-state index is 4.59. The molecule has 3 aromatic rings. The normalized spacial score (nSPS) is 10.9. The molecule has 0 aromatic carbocycles. The fraction of sp³-hybridized carbons (Fsp3) is 0.308. The number of nitrogens with one attached hydrogen (secondary N) is 2. The third-order valence-electron chi connectivity index (χ3n) is 2.96. The van der Waals surface area contributed by atoms with Gasteiger partial charge in [-0.2, -0.15) is 15.1 Å².